The van der Waals surface area contributed by atoms with Crippen molar-refractivity contribution in [2.24, 2.45) is 0 Å². The quantitative estimate of drug-likeness (QED) is 0.139. The van der Waals surface area contributed by atoms with Gasteiger partial charge in [0.1, 0.15) is 27.7 Å². The highest BCUT2D eigenvalue weighted by atomic mass is 32.2. The molecular formula is C38H49N9O4S3. The number of benzene rings is 2. The van der Waals surface area contributed by atoms with Crippen molar-refractivity contribution in [2.45, 2.75) is 70.6 Å². The largest absolute Gasteiger partial charge is 0.444 e. The van der Waals surface area contributed by atoms with Crippen LogP contribution < -0.4 is 10.6 Å². The number of piperidine rings is 1. The van der Waals surface area contributed by atoms with Crippen LogP contribution in [0.5, 0.6) is 0 Å². The van der Waals surface area contributed by atoms with E-state index < -0.39 is 11.6 Å². The van der Waals surface area contributed by atoms with E-state index in [1.54, 1.807) is 16.7 Å². The molecule has 6 rings (SSSR count). The zero-order valence-corrected chi connectivity index (χ0v) is 33.6. The van der Waals surface area contributed by atoms with E-state index in [2.05, 4.69) is 40.8 Å². The number of nitrogens with one attached hydrogen (secondary N) is 2. The van der Waals surface area contributed by atoms with Crippen molar-refractivity contribution in [1.82, 2.24) is 35.1 Å². The number of aromatic nitrogens is 4. The van der Waals surface area contributed by atoms with Crippen molar-refractivity contribution in [3.05, 3.63) is 81.8 Å². The fourth-order valence-corrected chi connectivity index (χ4v) is 9.19. The molecule has 4 heterocycles. The van der Waals surface area contributed by atoms with E-state index in [0.29, 0.717) is 36.4 Å². The maximum Gasteiger partial charge on any atom is 0.410 e. The molecule has 2 atom stereocenters. The van der Waals surface area contributed by atoms with Crippen molar-refractivity contribution in [2.75, 3.05) is 61.4 Å². The summed E-state index contributed by atoms with van der Waals surface area (Å²) in [6.07, 6.45) is 4.54. The third-order valence-corrected chi connectivity index (χ3v) is 11.9. The number of amides is 3. The number of anilines is 2. The van der Waals surface area contributed by atoms with Crippen LogP contribution in [-0.4, -0.2) is 109 Å². The Morgan fingerprint density at radius 2 is 1.15 bits per heavy atom. The average Bonchev–Trinajstić information content (AvgIpc) is 3.81. The Balaban J connectivity index is 0.949. The van der Waals surface area contributed by atoms with Gasteiger partial charge in [0.25, 0.3) is 0 Å². The van der Waals surface area contributed by atoms with Crippen molar-refractivity contribution in [3.63, 3.8) is 0 Å². The average molecular weight is 792 g/mol. The van der Waals surface area contributed by atoms with Crippen LogP contribution in [0.4, 0.5) is 15.1 Å². The van der Waals surface area contributed by atoms with E-state index in [1.165, 1.54) is 29.1 Å². The van der Waals surface area contributed by atoms with Crippen LogP contribution >= 0.6 is 34.4 Å². The van der Waals surface area contributed by atoms with Gasteiger partial charge in [-0.2, -0.15) is 11.8 Å². The summed E-state index contributed by atoms with van der Waals surface area (Å²) in [5, 5.41) is 26.0. The molecule has 2 N–H and O–H groups in total. The van der Waals surface area contributed by atoms with Crippen molar-refractivity contribution in [3.8, 4) is 0 Å². The zero-order valence-electron chi connectivity index (χ0n) is 31.1. The molecule has 0 spiro atoms. The number of aryl methyl sites for hydroxylation is 2. The fourth-order valence-electron chi connectivity index (χ4n) is 6.57. The van der Waals surface area contributed by atoms with Gasteiger partial charge in [-0.05, 0) is 69.3 Å². The summed E-state index contributed by atoms with van der Waals surface area (Å²) in [6.45, 7) is 9.38. The fraction of sp³-hybridized carbons (Fsp3) is 0.500. The molecular weight excluding hydrogens is 743 g/mol. The molecule has 2 aromatic carbocycles. The summed E-state index contributed by atoms with van der Waals surface area (Å²) in [5.41, 5.74) is 1.30. The highest BCUT2D eigenvalue weighted by Gasteiger charge is 2.34. The normalized spacial score (nSPS) is 16.8. The number of hydrogen-bond acceptors (Lipinski definition) is 13. The highest BCUT2D eigenvalue weighted by Crippen LogP contribution is 2.29. The summed E-state index contributed by atoms with van der Waals surface area (Å²) in [6, 6.07) is 18.7. The predicted molar refractivity (Wildman–Crippen MR) is 215 cm³/mol. The van der Waals surface area contributed by atoms with E-state index in [1.807, 2.05) is 81.4 Å². The lowest BCUT2D eigenvalue weighted by molar-refractivity contribution is -0.122. The Bertz CT molecular complexity index is 1800. The Morgan fingerprint density at radius 1 is 0.685 bits per heavy atom. The molecule has 16 heteroatoms. The molecule has 2 aliphatic rings. The first-order valence-corrected chi connectivity index (χ1v) is 21.3. The third-order valence-electron chi connectivity index (χ3n) is 9.13. The SMILES string of the molecule is CC(C)(C)OC(=O)N1CCN(C(C(=O)Nc2nnc(CCSCCc3nnc(NC(=O)C(c4ccccc4)N4CCCCC4)s3)s2)c2ccccc2)CC1. The van der Waals surface area contributed by atoms with E-state index >= 15 is 0 Å². The smallest absolute Gasteiger partial charge is 0.410 e. The molecule has 0 bridgehead atoms. The molecule has 0 saturated carbocycles. The molecule has 288 valence electrons. The highest BCUT2D eigenvalue weighted by molar-refractivity contribution is 7.99. The molecule has 13 nitrogen and oxygen atoms in total. The van der Waals surface area contributed by atoms with Crippen LogP contribution in [-0.2, 0) is 27.2 Å². The van der Waals surface area contributed by atoms with Crippen LogP contribution in [0, 0.1) is 0 Å². The summed E-state index contributed by atoms with van der Waals surface area (Å²) >= 11 is 4.60. The Hall–Kier alpha value is -3.96. The molecule has 54 heavy (non-hydrogen) atoms. The lowest BCUT2D eigenvalue weighted by atomic mass is 10.0. The first kappa shape index (κ1) is 39.7. The number of ether oxygens (including phenoxy) is 1. The zero-order chi connectivity index (χ0) is 37.9. The maximum absolute atomic E-state index is 13.7. The van der Waals surface area contributed by atoms with Crippen LogP contribution in [0.1, 0.15) is 73.3 Å². The Kier molecular flexibility index (Phi) is 14.0. The van der Waals surface area contributed by atoms with Gasteiger partial charge in [-0.15, -0.1) is 20.4 Å². The molecule has 4 aromatic rings. The first-order valence-electron chi connectivity index (χ1n) is 18.5. The minimum Gasteiger partial charge on any atom is -0.444 e. The van der Waals surface area contributed by atoms with E-state index in [0.717, 1.165) is 71.4 Å². The lowest BCUT2D eigenvalue weighted by Crippen LogP contribution is -2.52. The van der Waals surface area contributed by atoms with Crippen LogP contribution in [0.25, 0.3) is 0 Å². The van der Waals surface area contributed by atoms with Gasteiger partial charge in [0.05, 0.1) is 0 Å². The van der Waals surface area contributed by atoms with Gasteiger partial charge in [-0.25, -0.2) is 4.79 Å². The molecule has 3 amide bonds. The minimum atomic E-state index is -0.564. The van der Waals surface area contributed by atoms with Gasteiger partial charge >= 0.3 is 6.09 Å². The van der Waals surface area contributed by atoms with Crippen molar-refractivity contribution < 1.29 is 19.1 Å². The standard InChI is InChI=1S/C38H49N9O4S3/c1-38(2,3)51-37(50)47-23-21-46(22-24-47)32(28-15-9-5-10-16-28)34(49)40-36-44-42-30(54-36)18-26-52-25-17-29-41-43-35(53-29)39-33(48)31(27-13-7-4-8-14-27)45-19-11-6-12-20-45/h4-5,7-10,13-16,31-32H,6,11-12,17-26H2,1-3H3,(H,39,43,48)(H,40,44,49). The molecule has 2 fully saturated rings. The summed E-state index contributed by atoms with van der Waals surface area (Å²) in [7, 11) is 0. The van der Waals surface area contributed by atoms with Gasteiger partial charge in [0.15, 0.2) is 0 Å². The van der Waals surface area contributed by atoms with Gasteiger partial charge in [-0.3, -0.25) is 30.0 Å². The van der Waals surface area contributed by atoms with E-state index in [4.69, 9.17) is 4.74 Å². The third kappa shape index (κ3) is 11.3. The summed E-state index contributed by atoms with van der Waals surface area (Å²) in [4.78, 5) is 45.9. The topological polar surface area (TPSA) is 146 Å². The first-order chi connectivity index (χ1) is 26.1. The summed E-state index contributed by atoms with van der Waals surface area (Å²) in [5.74, 6) is 1.44. The molecule has 0 radical (unpaired) electrons. The van der Waals surface area contributed by atoms with Crippen molar-refractivity contribution in [1.29, 1.82) is 0 Å². The number of rotatable bonds is 14. The van der Waals surface area contributed by atoms with Gasteiger partial charge in [-0.1, -0.05) is 89.8 Å². The Morgan fingerprint density at radius 3 is 1.61 bits per heavy atom. The maximum atomic E-state index is 13.7. The molecule has 2 saturated heterocycles. The predicted octanol–water partition coefficient (Wildman–Crippen LogP) is 6.31. The number of carbonyl (C=O) groups is 3. The van der Waals surface area contributed by atoms with E-state index in [9.17, 15) is 14.4 Å². The molecule has 2 aliphatic heterocycles. The minimum absolute atomic E-state index is 0.0680. The number of likely N-dealkylation sites (tertiary alicyclic amines) is 1. The summed E-state index contributed by atoms with van der Waals surface area (Å²) < 4.78 is 5.55. The molecule has 0 aliphatic carbocycles. The number of thioether (sulfide) groups is 1. The number of hydrogen-bond donors (Lipinski definition) is 2. The second-order valence-corrected chi connectivity index (χ2v) is 17.7. The van der Waals surface area contributed by atoms with Crippen LogP contribution in [0.2, 0.25) is 0 Å². The monoisotopic (exact) mass is 791 g/mol. The van der Waals surface area contributed by atoms with Gasteiger partial charge < -0.3 is 9.64 Å². The Labute approximate surface area is 329 Å². The number of carbonyl (C=O) groups excluding carboxylic acids is 3. The van der Waals surface area contributed by atoms with Crippen LogP contribution in [0.3, 0.4) is 0 Å². The van der Waals surface area contributed by atoms with Gasteiger partial charge in [0, 0.05) is 39.0 Å². The van der Waals surface area contributed by atoms with Crippen molar-refractivity contribution >= 4 is 62.6 Å². The lowest BCUT2D eigenvalue weighted by Gasteiger charge is -2.39. The van der Waals surface area contributed by atoms with Crippen LogP contribution in [0.15, 0.2) is 60.7 Å². The second kappa shape index (κ2) is 19.1. The number of nitrogens with zero attached hydrogens (tertiary/aromatic N) is 7. The molecule has 2 aromatic heterocycles. The van der Waals surface area contributed by atoms with Gasteiger partial charge in [0.2, 0.25) is 22.1 Å². The molecule has 2 unspecified atom stereocenters. The number of piperazine rings is 1. The second-order valence-electron chi connectivity index (χ2n) is 14.3. The van der Waals surface area contributed by atoms with E-state index in [-0.39, 0.29) is 23.9 Å².